The Morgan fingerprint density at radius 1 is 1.10 bits per heavy atom. The van der Waals surface area contributed by atoms with Gasteiger partial charge in [-0.2, -0.15) is 0 Å². The van der Waals surface area contributed by atoms with Crippen molar-refractivity contribution >= 4 is 15.9 Å². The van der Waals surface area contributed by atoms with E-state index in [9.17, 15) is 8.78 Å². The summed E-state index contributed by atoms with van der Waals surface area (Å²) in [4.78, 5) is 0.0156. The standard InChI is InChI=1S/C16H15BrF2O/c1-10-3-5-12(9-16(10)20-2)13(17)7-11-4-6-14(18)15(19)8-11/h3-6,8-9,13H,7H2,1-2H3. The molecule has 1 nitrogen and oxygen atoms in total. The van der Waals surface area contributed by atoms with Crippen molar-refractivity contribution in [2.24, 2.45) is 0 Å². The van der Waals surface area contributed by atoms with E-state index in [1.165, 1.54) is 6.07 Å². The van der Waals surface area contributed by atoms with Crippen LogP contribution in [0.3, 0.4) is 0 Å². The first-order chi connectivity index (χ1) is 9.51. The molecule has 0 fully saturated rings. The van der Waals surface area contributed by atoms with Crippen LogP contribution in [0.15, 0.2) is 36.4 Å². The Hall–Kier alpha value is -1.42. The fourth-order valence-electron chi connectivity index (χ4n) is 2.02. The molecule has 0 saturated carbocycles. The highest BCUT2D eigenvalue weighted by Crippen LogP contribution is 2.31. The highest BCUT2D eigenvalue weighted by molar-refractivity contribution is 9.09. The van der Waals surface area contributed by atoms with E-state index < -0.39 is 11.6 Å². The molecule has 0 N–H and O–H groups in total. The lowest BCUT2D eigenvalue weighted by molar-refractivity contribution is 0.411. The Bertz CT molecular complexity index is 613. The number of alkyl halides is 1. The van der Waals surface area contributed by atoms with Crippen LogP contribution < -0.4 is 4.74 Å². The Kier molecular flexibility index (Phi) is 4.76. The van der Waals surface area contributed by atoms with Crippen LogP contribution in [0.4, 0.5) is 8.78 Å². The summed E-state index contributed by atoms with van der Waals surface area (Å²) >= 11 is 3.58. The number of methoxy groups -OCH3 is 1. The smallest absolute Gasteiger partial charge is 0.159 e. The molecule has 20 heavy (non-hydrogen) atoms. The summed E-state index contributed by atoms with van der Waals surface area (Å²) in [6, 6.07) is 9.91. The van der Waals surface area contributed by atoms with Gasteiger partial charge in [-0.3, -0.25) is 0 Å². The zero-order valence-electron chi connectivity index (χ0n) is 11.3. The fraction of sp³-hybridized carbons (Fsp3) is 0.250. The molecule has 2 aromatic carbocycles. The van der Waals surface area contributed by atoms with Gasteiger partial charge in [-0.05, 0) is 48.2 Å². The Balaban J connectivity index is 2.19. The number of hydrogen-bond acceptors (Lipinski definition) is 1. The lowest BCUT2D eigenvalue weighted by Crippen LogP contribution is -1.98. The maximum Gasteiger partial charge on any atom is 0.159 e. The first kappa shape index (κ1) is 15.0. The summed E-state index contributed by atoms with van der Waals surface area (Å²) in [7, 11) is 1.63. The summed E-state index contributed by atoms with van der Waals surface area (Å²) in [5.74, 6) is -0.821. The number of aryl methyl sites for hydroxylation is 1. The summed E-state index contributed by atoms with van der Waals surface area (Å²) < 4.78 is 31.4. The first-order valence-electron chi connectivity index (χ1n) is 6.24. The van der Waals surface area contributed by atoms with E-state index in [2.05, 4.69) is 15.9 Å². The number of hydrogen-bond donors (Lipinski definition) is 0. The molecule has 0 heterocycles. The zero-order chi connectivity index (χ0) is 14.7. The van der Waals surface area contributed by atoms with Crippen molar-refractivity contribution in [1.29, 1.82) is 0 Å². The second-order valence-corrected chi connectivity index (χ2v) is 5.75. The normalized spacial score (nSPS) is 12.2. The molecule has 2 aromatic rings. The monoisotopic (exact) mass is 340 g/mol. The topological polar surface area (TPSA) is 9.23 Å². The SMILES string of the molecule is COc1cc(C(Br)Cc2ccc(F)c(F)c2)ccc1C. The maximum atomic E-state index is 13.2. The Morgan fingerprint density at radius 3 is 2.50 bits per heavy atom. The van der Waals surface area contributed by atoms with Crippen LogP contribution in [-0.4, -0.2) is 7.11 Å². The molecule has 0 bridgehead atoms. The van der Waals surface area contributed by atoms with Crippen LogP contribution in [0, 0.1) is 18.6 Å². The molecule has 0 amide bonds. The van der Waals surface area contributed by atoms with Crippen LogP contribution >= 0.6 is 15.9 Å². The minimum Gasteiger partial charge on any atom is -0.496 e. The predicted octanol–water partition coefficient (Wildman–Crippen LogP) is 4.96. The number of halogens is 3. The van der Waals surface area contributed by atoms with Gasteiger partial charge >= 0.3 is 0 Å². The van der Waals surface area contributed by atoms with E-state index in [0.29, 0.717) is 6.42 Å². The molecule has 1 unspecified atom stereocenters. The van der Waals surface area contributed by atoms with E-state index in [1.807, 2.05) is 25.1 Å². The number of benzene rings is 2. The third kappa shape index (κ3) is 3.37. The molecule has 2 rings (SSSR count). The van der Waals surface area contributed by atoms with Crippen LogP contribution in [-0.2, 0) is 6.42 Å². The molecule has 0 aromatic heterocycles. The Labute approximate surface area is 125 Å². The minimum absolute atomic E-state index is 0.0156. The minimum atomic E-state index is -0.822. The average molecular weight is 341 g/mol. The summed E-state index contributed by atoms with van der Waals surface area (Å²) in [6.07, 6.45) is 0.573. The maximum absolute atomic E-state index is 13.2. The van der Waals surface area contributed by atoms with Gasteiger partial charge in [0.1, 0.15) is 5.75 Å². The summed E-state index contributed by atoms with van der Waals surface area (Å²) in [6.45, 7) is 1.97. The third-order valence-electron chi connectivity index (χ3n) is 3.19. The van der Waals surface area contributed by atoms with Gasteiger partial charge in [0.2, 0.25) is 0 Å². The van der Waals surface area contributed by atoms with Crippen molar-refractivity contribution in [3.05, 3.63) is 64.7 Å². The van der Waals surface area contributed by atoms with Gasteiger partial charge in [-0.25, -0.2) is 8.78 Å². The largest absolute Gasteiger partial charge is 0.496 e. The van der Waals surface area contributed by atoms with Crippen molar-refractivity contribution in [1.82, 2.24) is 0 Å². The van der Waals surface area contributed by atoms with Crippen molar-refractivity contribution in [3.63, 3.8) is 0 Å². The summed E-state index contributed by atoms with van der Waals surface area (Å²) in [5, 5.41) is 0. The van der Waals surface area contributed by atoms with Crippen LogP contribution in [0.5, 0.6) is 5.75 Å². The molecule has 106 valence electrons. The van der Waals surface area contributed by atoms with Crippen LogP contribution in [0.25, 0.3) is 0 Å². The number of ether oxygens (including phenoxy) is 1. The molecule has 0 aliphatic heterocycles. The van der Waals surface area contributed by atoms with E-state index in [0.717, 1.165) is 28.5 Å². The first-order valence-corrected chi connectivity index (χ1v) is 7.15. The molecule has 0 spiro atoms. The van der Waals surface area contributed by atoms with Crippen molar-refractivity contribution in [2.75, 3.05) is 7.11 Å². The molecule has 4 heteroatoms. The molecule has 0 radical (unpaired) electrons. The van der Waals surface area contributed by atoms with E-state index >= 15 is 0 Å². The second kappa shape index (κ2) is 6.35. The molecule has 0 aliphatic rings. The highest BCUT2D eigenvalue weighted by atomic mass is 79.9. The third-order valence-corrected chi connectivity index (χ3v) is 4.05. The van der Waals surface area contributed by atoms with E-state index in [1.54, 1.807) is 13.2 Å². The van der Waals surface area contributed by atoms with Crippen molar-refractivity contribution in [3.8, 4) is 5.75 Å². The molecular weight excluding hydrogens is 326 g/mol. The van der Waals surface area contributed by atoms with Gasteiger partial charge in [-0.15, -0.1) is 0 Å². The second-order valence-electron chi connectivity index (χ2n) is 4.65. The van der Waals surface area contributed by atoms with E-state index in [-0.39, 0.29) is 4.83 Å². The zero-order valence-corrected chi connectivity index (χ0v) is 12.9. The Morgan fingerprint density at radius 2 is 1.85 bits per heavy atom. The van der Waals surface area contributed by atoms with Gasteiger partial charge in [0.25, 0.3) is 0 Å². The predicted molar refractivity (Wildman–Crippen MR) is 79.5 cm³/mol. The van der Waals surface area contributed by atoms with Gasteiger partial charge in [0.15, 0.2) is 11.6 Å². The lowest BCUT2D eigenvalue weighted by Gasteiger charge is -2.13. The number of rotatable bonds is 4. The summed E-state index contributed by atoms with van der Waals surface area (Å²) in [5.41, 5.74) is 2.84. The molecular formula is C16H15BrF2O. The fourth-order valence-corrected chi connectivity index (χ4v) is 2.68. The van der Waals surface area contributed by atoms with Gasteiger partial charge in [-0.1, -0.05) is 34.1 Å². The molecule has 1 atom stereocenters. The van der Waals surface area contributed by atoms with Gasteiger partial charge < -0.3 is 4.74 Å². The van der Waals surface area contributed by atoms with Crippen LogP contribution in [0.1, 0.15) is 21.5 Å². The molecule has 0 saturated heterocycles. The molecule has 0 aliphatic carbocycles. The van der Waals surface area contributed by atoms with E-state index in [4.69, 9.17) is 4.74 Å². The quantitative estimate of drug-likeness (QED) is 0.714. The van der Waals surface area contributed by atoms with Crippen molar-refractivity contribution in [2.45, 2.75) is 18.2 Å². The van der Waals surface area contributed by atoms with Crippen LogP contribution in [0.2, 0.25) is 0 Å². The van der Waals surface area contributed by atoms with Gasteiger partial charge in [0.05, 0.1) is 7.11 Å². The highest BCUT2D eigenvalue weighted by Gasteiger charge is 2.12. The van der Waals surface area contributed by atoms with Crippen molar-refractivity contribution < 1.29 is 13.5 Å². The average Bonchev–Trinajstić information content (AvgIpc) is 2.43. The van der Waals surface area contributed by atoms with Gasteiger partial charge in [0, 0.05) is 4.83 Å². The lowest BCUT2D eigenvalue weighted by atomic mass is 10.0.